The molecule has 0 unspecified atom stereocenters. The van der Waals surface area contributed by atoms with Crippen LogP contribution in [0, 0.1) is 6.92 Å². The molecule has 3 aromatic rings. The second-order valence-corrected chi connectivity index (χ2v) is 4.16. The lowest BCUT2D eigenvalue weighted by molar-refractivity contribution is 0.630. The van der Waals surface area contributed by atoms with Crippen molar-refractivity contribution in [2.45, 2.75) is 6.92 Å². The van der Waals surface area contributed by atoms with Crippen LogP contribution in [-0.4, -0.2) is 29.6 Å². The van der Waals surface area contributed by atoms with Crippen LogP contribution in [-0.2, 0) is 7.05 Å². The molecule has 7 heteroatoms. The van der Waals surface area contributed by atoms with Crippen LogP contribution in [0.1, 0.15) is 5.69 Å². The van der Waals surface area contributed by atoms with Crippen molar-refractivity contribution in [1.82, 2.24) is 29.6 Å². The molecule has 96 valence electrons. The monoisotopic (exact) mass is 256 g/mol. The van der Waals surface area contributed by atoms with Crippen molar-refractivity contribution in [2.24, 2.45) is 7.05 Å². The Morgan fingerprint density at radius 2 is 1.89 bits per heavy atom. The molecule has 1 aromatic carbocycles. The summed E-state index contributed by atoms with van der Waals surface area (Å²) in [5.74, 6) is 0. The molecule has 0 saturated heterocycles. The normalized spacial score (nSPS) is 10.8. The summed E-state index contributed by atoms with van der Waals surface area (Å²) in [6.07, 6.45) is 1.42. The standard InChI is InChI=1S/C12H12N6O/c1-9-11(17-8-13-14-15-17)12(19)18(16(9)2)10-6-4-3-5-7-10/h3-8H,1-2H3. The first kappa shape index (κ1) is 11.4. The molecule has 0 N–H and O–H groups in total. The third-order valence-corrected chi connectivity index (χ3v) is 3.10. The van der Waals surface area contributed by atoms with Crippen molar-refractivity contribution in [3.63, 3.8) is 0 Å². The fourth-order valence-corrected chi connectivity index (χ4v) is 2.08. The molecule has 7 nitrogen and oxygen atoms in total. The summed E-state index contributed by atoms with van der Waals surface area (Å²) in [6.45, 7) is 1.86. The van der Waals surface area contributed by atoms with Gasteiger partial charge in [-0.3, -0.25) is 9.48 Å². The Morgan fingerprint density at radius 3 is 2.53 bits per heavy atom. The predicted molar refractivity (Wildman–Crippen MR) is 68.5 cm³/mol. The minimum absolute atomic E-state index is 0.154. The number of hydrogen-bond donors (Lipinski definition) is 0. The zero-order chi connectivity index (χ0) is 13.4. The summed E-state index contributed by atoms with van der Waals surface area (Å²) < 4.78 is 4.76. The minimum atomic E-state index is -0.154. The number of para-hydroxylation sites is 1. The highest BCUT2D eigenvalue weighted by Gasteiger charge is 2.18. The summed E-state index contributed by atoms with van der Waals surface area (Å²) >= 11 is 0. The molecular formula is C12H12N6O. The lowest BCUT2D eigenvalue weighted by Crippen LogP contribution is -2.21. The second-order valence-electron chi connectivity index (χ2n) is 4.16. The third kappa shape index (κ3) is 1.67. The average molecular weight is 256 g/mol. The largest absolute Gasteiger partial charge is 0.297 e. The molecule has 2 heterocycles. The maximum Gasteiger partial charge on any atom is 0.297 e. The smallest absolute Gasteiger partial charge is 0.283 e. The van der Waals surface area contributed by atoms with Crippen LogP contribution < -0.4 is 5.56 Å². The quantitative estimate of drug-likeness (QED) is 0.668. The second kappa shape index (κ2) is 4.20. The van der Waals surface area contributed by atoms with E-state index in [1.807, 2.05) is 44.3 Å². The number of tetrazole rings is 1. The van der Waals surface area contributed by atoms with Crippen LogP contribution in [0.4, 0.5) is 0 Å². The highest BCUT2D eigenvalue weighted by atomic mass is 16.1. The zero-order valence-corrected chi connectivity index (χ0v) is 10.6. The van der Waals surface area contributed by atoms with E-state index in [2.05, 4.69) is 15.5 Å². The van der Waals surface area contributed by atoms with Gasteiger partial charge < -0.3 is 0 Å². The van der Waals surface area contributed by atoms with Gasteiger partial charge in [0, 0.05) is 7.05 Å². The van der Waals surface area contributed by atoms with E-state index >= 15 is 0 Å². The first-order valence-corrected chi connectivity index (χ1v) is 5.77. The van der Waals surface area contributed by atoms with Gasteiger partial charge in [-0.25, -0.2) is 4.68 Å². The molecule has 0 atom stereocenters. The van der Waals surface area contributed by atoms with E-state index in [0.717, 1.165) is 11.4 Å². The van der Waals surface area contributed by atoms with E-state index in [1.165, 1.54) is 11.0 Å². The van der Waals surface area contributed by atoms with E-state index in [0.29, 0.717) is 5.69 Å². The maximum absolute atomic E-state index is 12.5. The van der Waals surface area contributed by atoms with Crippen molar-refractivity contribution < 1.29 is 0 Å². The Bertz CT molecular complexity index is 754. The Kier molecular flexibility index (Phi) is 2.52. The molecule has 0 aliphatic carbocycles. The van der Waals surface area contributed by atoms with Crippen LogP contribution in [0.5, 0.6) is 0 Å². The number of nitrogens with zero attached hydrogens (tertiary/aromatic N) is 6. The Hall–Kier alpha value is -2.70. The van der Waals surface area contributed by atoms with Crippen LogP contribution in [0.25, 0.3) is 11.4 Å². The minimum Gasteiger partial charge on any atom is -0.283 e. The summed E-state index contributed by atoms with van der Waals surface area (Å²) in [6, 6.07) is 9.45. The molecule has 2 aromatic heterocycles. The first-order valence-electron chi connectivity index (χ1n) is 5.77. The van der Waals surface area contributed by atoms with Gasteiger partial charge in [0.2, 0.25) is 0 Å². The number of aromatic nitrogens is 6. The highest BCUT2D eigenvalue weighted by Crippen LogP contribution is 2.11. The lowest BCUT2D eigenvalue weighted by Gasteiger charge is -2.07. The number of rotatable bonds is 2. The van der Waals surface area contributed by atoms with Gasteiger partial charge in [0.15, 0.2) is 5.69 Å². The fourth-order valence-electron chi connectivity index (χ4n) is 2.08. The van der Waals surface area contributed by atoms with Gasteiger partial charge in [-0.2, -0.15) is 4.68 Å². The molecular weight excluding hydrogens is 244 g/mol. The Morgan fingerprint density at radius 1 is 1.16 bits per heavy atom. The van der Waals surface area contributed by atoms with Gasteiger partial charge in [0.1, 0.15) is 6.33 Å². The topological polar surface area (TPSA) is 70.5 Å². The van der Waals surface area contributed by atoms with Crippen molar-refractivity contribution >= 4 is 0 Å². The molecule has 0 spiro atoms. The molecule has 0 radical (unpaired) electrons. The Labute approximate surface area is 108 Å². The van der Waals surface area contributed by atoms with Gasteiger partial charge in [0.25, 0.3) is 5.56 Å². The van der Waals surface area contributed by atoms with Gasteiger partial charge in [0.05, 0.1) is 11.4 Å². The Balaban J connectivity index is 2.30. The summed E-state index contributed by atoms with van der Waals surface area (Å²) in [5, 5.41) is 10.9. The molecule has 0 bridgehead atoms. The van der Waals surface area contributed by atoms with E-state index in [9.17, 15) is 4.79 Å². The zero-order valence-electron chi connectivity index (χ0n) is 10.6. The van der Waals surface area contributed by atoms with Crippen molar-refractivity contribution in [2.75, 3.05) is 0 Å². The van der Waals surface area contributed by atoms with Crippen LogP contribution >= 0.6 is 0 Å². The van der Waals surface area contributed by atoms with Crippen LogP contribution in [0.2, 0.25) is 0 Å². The molecule has 3 rings (SSSR count). The lowest BCUT2D eigenvalue weighted by atomic mass is 10.3. The van der Waals surface area contributed by atoms with E-state index in [-0.39, 0.29) is 5.56 Å². The van der Waals surface area contributed by atoms with Crippen molar-refractivity contribution in [1.29, 1.82) is 0 Å². The molecule has 0 aliphatic heterocycles. The highest BCUT2D eigenvalue weighted by molar-refractivity contribution is 5.39. The number of benzene rings is 1. The fraction of sp³-hybridized carbons (Fsp3) is 0.167. The molecule has 0 aliphatic rings. The summed E-state index contributed by atoms with van der Waals surface area (Å²) in [4.78, 5) is 12.5. The van der Waals surface area contributed by atoms with Gasteiger partial charge in [-0.05, 0) is 29.5 Å². The molecule has 19 heavy (non-hydrogen) atoms. The predicted octanol–water partition coefficient (Wildman–Crippen LogP) is 0.460. The SMILES string of the molecule is Cc1c(-n2cnnn2)c(=O)n(-c2ccccc2)n1C. The maximum atomic E-state index is 12.5. The summed E-state index contributed by atoms with van der Waals surface area (Å²) in [5.41, 5.74) is 1.90. The van der Waals surface area contributed by atoms with E-state index < -0.39 is 0 Å². The molecule has 0 fully saturated rings. The van der Waals surface area contributed by atoms with Crippen molar-refractivity contribution in [3.05, 3.63) is 52.7 Å². The average Bonchev–Trinajstić information content (AvgIpc) is 3.00. The van der Waals surface area contributed by atoms with Crippen LogP contribution in [0.3, 0.4) is 0 Å². The van der Waals surface area contributed by atoms with Gasteiger partial charge in [-0.15, -0.1) is 5.10 Å². The van der Waals surface area contributed by atoms with E-state index in [4.69, 9.17) is 0 Å². The molecule has 0 amide bonds. The van der Waals surface area contributed by atoms with Crippen molar-refractivity contribution in [3.8, 4) is 11.4 Å². The number of hydrogen-bond acceptors (Lipinski definition) is 4. The third-order valence-electron chi connectivity index (χ3n) is 3.10. The summed E-state index contributed by atoms with van der Waals surface area (Å²) in [7, 11) is 1.83. The first-order chi connectivity index (χ1) is 9.20. The van der Waals surface area contributed by atoms with Crippen LogP contribution in [0.15, 0.2) is 41.5 Å². The van der Waals surface area contributed by atoms with Gasteiger partial charge in [-0.1, -0.05) is 18.2 Å². The van der Waals surface area contributed by atoms with E-state index in [1.54, 1.807) is 9.36 Å². The molecule has 0 saturated carbocycles. The van der Waals surface area contributed by atoms with Gasteiger partial charge >= 0.3 is 0 Å².